The molecule has 112 valence electrons. The lowest BCUT2D eigenvalue weighted by molar-refractivity contribution is 0.358. The van der Waals surface area contributed by atoms with Crippen molar-refractivity contribution in [2.75, 3.05) is 0 Å². The van der Waals surface area contributed by atoms with Crippen molar-refractivity contribution in [3.05, 3.63) is 74.3 Å². The summed E-state index contributed by atoms with van der Waals surface area (Å²) >= 11 is 7.71. The van der Waals surface area contributed by atoms with Gasteiger partial charge in [-0.1, -0.05) is 35.9 Å². The van der Waals surface area contributed by atoms with E-state index in [4.69, 9.17) is 22.1 Å². The standard InChI is InChI=1S/C17H10ClN3OS/c18-13-5-2-1-4-10(13)15-11(8-19)16(14-6-3-7-23-14)22-17(21)12(15)9-20/h1-7,15H,21H2/t15-/m0/s1. The van der Waals surface area contributed by atoms with Crippen molar-refractivity contribution >= 4 is 28.7 Å². The van der Waals surface area contributed by atoms with Gasteiger partial charge in [0.05, 0.1) is 22.4 Å². The molecule has 4 nitrogen and oxygen atoms in total. The number of hydrogen-bond donors (Lipinski definition) is 1. The number of nitriles is 2. The maximum absolute atomic E-state index is 9.68. The Morgan fingerprint density at radius 2 is 1.83 bits per heavy atom. The van der Waals surface area contributed by atoms with Crippen LogP contribution in [0.25, 0.3) is 5.76 Å². The van der Waals surface area contributed by atoms with E-state index < -0.39 is 5.92 Å². The van der Waals surface area contributed by atoms with Gasteiger partial charge in [-0.25, -0.2) is 0 Å². The zero-order valence-electron chi connectivity index (χ0n) is 11.8. The van der Waals surface area contributed by atoms with Gasteiger partial charge in [-0.15, -0.1) is 11.3 Å². The first kappa shape index (κ1) is 15.2. The minimum Gasteiger partial charge on any atom is -0.438 e. The molecule has 0 amide bonds. The molecule has 0 aliphatic carbocycles. The molecule has 0 bridgehead atoms. The highest BCUT2D eigenvalue weighted by molar-refractivity contribution is 7.11. The van der Waals surface area contributed by atoms with Crippen LogP contribution in [0.2, 0.25) is 5.02 Å². The van der Waals surface area contributed by atoms with E-state index in [1.807, 2.05) is 29.6 Å². The Hall–Kier alpha value is -2.73. The van der Waals surface area contributed by atoms with Crippen molar-refractivity contribution in [2.45, 2.75) is 5.92 Å². The third-order valence-corrected chi connectivity index (χ3v) is 4.71. The molecular weight excluding hydrogens is 330 g/mol. The van der Waals surface area contributed by atoms with E-state index >= 15 is 0 Å². The van der Waals surface area contributed by atoms with E-state index in [2.05, 4.69) is 6.07 Å². The molecule has 1 aromatic carbocycles. The summed E-state index contributed by atoms with van der Waals surface area (Å²) in [4.78, 5) is 0.776. The van der Waals surface area contributed by atoms with Crippen LogP contribution in [-0.4, -0.2) is 0 Å². The van der Waals surface area contributed by atoms with E-state index in [0.717, 1.165) is 4.88 Å². The molecule has 0 radical (unpaired) electrons. The second-order valence-electron chi connectivity index (χ2n) is 4.78. The molecule has 0 spiro atoms. The lowest BCUT2D eigenvalue weighted by Crippen LogP contribution is -2.20. The second-order valence-corrected chi connectivity index (χ2v) is 6.13. The molecule has 1 atom stereocenters. The zero-order valence-corrected chi connectivity index (χ0v) is 13.4. The van der Waals surface area contributed by atoms with Gasteiger partial charge in [-0.05, 0) is 23.1 Å². The third-order valence-electron chi connectivity index (χ3n) is 3.50. The first-order chi connectivity index (χ1) is 11.2. The molecule has 6 heteroatoms. The Labute approximate surface area is 142 Å². The van der Waals surface area contributed by atoms with Crippen LogP contribution in [0.4, 0.5) is 0 Å². The fraction of sp³-hybridized carbons (Fsp3) is 0.0588. The molecule has 0 saturated heterocycles. The molecule has 2 heterocycles. The molecule has 2 N–H and O–H groups in total. The fourth-order valence-corrected chi connectivity index (χ4v) is 3.45. The molecule has 1 aliphatic rings. The van der Waals surface area contributed by atoms with E-state index in [0.29, 0.717) is 21.9 Å². The van der Waals surface area contributed by atoms with Crippen molar-refractivity contribution in [1.29, 1.82) is 10.5 Å². The molecule has 1 aromatic heterocycles. The highest BCUT2D eigenvalue weighted by Crippen LogP contribution is 2.44. The molecule has 3 rings (SSSR count). The van der Waals surface area contributed by atoms with Crippen LogP contribution >= 0.6 is 22.9 Å². The van der Waals surface area contributed by atoms with Gasteiger partial charge in [-0.3, -0.25) is 0 Å². The zero-order chi connectivity index (χ0) is 16.4. The maximum Gasteiger partial charge on any atom is 0.205 e. The van der Waals surface area contributed by atoms with E-state index in [1.165, 1.54) is 11.3 Å². The van der Waals surface area contributed by atoms with Gasteiger partial charge < -0.3 is 10.5 Å². The summed E-state index contributed by atoms with van der Waals surface area (Å²) in [6, 6.07) is 15.0. The number of allylic oxidation sites excluding steroid dienone is 2. The minimum absolute atomic E-state index is 0.000167. The van der Waals surface area contributed by atoms with Crippen molar-refractivity contribution in [1.82, 2.24) is 0 Å². The van der Waals surface area contributed by atoms with Crippen molar-refractivity contribution < 1.29 is 4.74 Å². The topological polar surface area (TPSA) is 82.8 Å². The van der Waals surface area contributed by atoms with Crippen molar-refractivity contribution in [3.8, 4) is 12.1 Å². The van der Waals surface area contributed by atoms with E-state index in [9.17, 15) is 10.5 Å². The van der Waals surface area contributed by atoms with E-state index in [1.54, 1.807) is 18.2 Å². The summed E-state index contributed by atoms with van der Waals surface area (Å²) in [5, 5.41) is 21.5. The van der Waals surface area contributed by atoms with Gasteiger partial charge in [0, 0.05) is 5.02 Å². The summed E-state index contributed by atoms with van der Waals surface area (Å²) in [7, 11) is 0. The molecule has 0 saturated carbocycles. The second kappa shape index (κ2) is 6.18. The number of nitrogens with two attached hydrogens (primary N) is 1. The first-order valence-electron chi connectivity index (χ1n) is 6.67. The Morgan fingerprint density at radius 1 is 1.09 bits per heavy atom. The number of ether oxygens (including phenoxy) is 1. The summed E-state index contributed by atoms with van der Waals surface area (Å²) in [5.74, 6) is -0.256. The van der Waals surface area contributed by atoms with Crippen LogP contribution < -0.4 is 5.73 Å². The molecule has 0 unspecified atom stereocenters. The third kappa shape index (κ3) is 2.57. The Morgan fingerprint density at radius 3 is 2.43 bits per heavy atom. The number of benzene rings is 1. The summed E-state index contributed by atoms with van der Waals surface area (Å²) in [5.41, 5.74) is 7.10. The Balaban J connectivity index is 2.27. The van der Waals surface area contributed by atoms with Crippen molar-refractivity contribution in [3.63, 3.8) is 0 Å². The predicted octanol–water partition coefficient (Wildman–Crippen LogP) is 4.14. The largest absolute Gasteiger partial charge is 0.438 e. The van der Waals surface area contributed by atoms with Gasteiger partial charge >= 0.3 is 0 Å². The summed E-state index contributed by atoms with van der Waals surface area (Å²) in [6.45, 7) is 0. The summed E-state index contributed by atoms with van der Waals surface area (Å²) in [6.07, 6.45) is 0. The average molecular weight is 340 g/mol. The van der Waals surface area contributed by atoms with Gasteiger partial charge in [0.25, 0.3) is 0 Å². The molecule has 0 fully saturated rings. The van der Waals surface area contributed by atoms with Crippen LogP contribution in [0.3, 0.4) is 0 Å². The van der Waals surface area contributed by atoms with Crippen LogP contribution in [0.5, 0.6) is 0 Å². The predicted molar refractivity (Wildman–Crippen MR) is 89.0 cm³/mol. The molecule has 1 aliphatic heterocycles. The summed E-state index contributed by atoms with van der Waals surface area (Å²) < 4.78 is 5.59. The maximum atomic E-state index is 9.68. The van der Waals surface area contributed by atoms with Gasteiger partial charge in [0.2, 0.25) is 5.88 Å². The highest BCUT2D eigenvalue weighted by atomic mass is 35.5. The monoisotopic (exact) mass is 339 g/mol. The first-order valence-corrected chi connectivity index (χ1v) is 7.93. The van der Waals surface area contributed by atoms with Gasteiger partial charge in [0.15, 0.2) is 5.76 Å². The number of thiophene rings is 1. The Kier molecular flexibility index (Phi) is 4.08. The number of nitrogens with zero attached hydrogens (tertiary/aromatic N) is 2. The minimum atomic E-state index is -0.635. The molecule has 23 heavy (non-hydrogen) atoms. The van der Waals surface area contributed by atoms with Crippen LogP contribution in [0.15, 0.2) is 58.8 Å². The highest BCUT2D eigenvalue weighted by Gasteiger charge is 2.35. The average Bonchev–Trinajstić information content (AvgIpc) is 3.08. The van der Waals surface area contributed by atoms with Crippen LogP contribution in [0.1, 0.15) is 16.4 Å². The lowest BCUT2D eigenvalue weighted by Gasteiger charge is -2.26. The smallest absolute Gasteiger partial charge is 0.205 e. The van der Waals surface area contributed by atoms with E-state index in [-0.39, 0.29) is 11.5 Å². The van der Waals surface area contributed by atoms with Crippen LogP contribution in [-0.2, 0) is 4.74 Å². The normalized spacial score (nSPS) is 17.4. The fourth-order valence-electron chi connectivity index (χ4n) is 2.48. The number of halogens is 1. The van der Waals surface area contributed by atoms with Gasteiger partial charge in [0.1, 0.15) is 11.6 Å². The van der Waals surface area contributed by atoms with Gasteiger partial charge in [-0.2, -0.15) is 10.5 Å². The Bertz CT molecular complexity index is 901. The molecular formula is C17H10ClN3OS. The molecule has 2 aromatic rings. The SMILES string of the molecule is N#CC1=C(N)OC(c2cccs2)=C(C#N)[C@@H]1c1ccccc1Cl. The lowest BCUT2D eigenvalue weighted by atomic mass is 9.83. The number of rotatable bonds is 2. The quantitative estimate of drug-likeness (QED) is 0.891. The number of hydrogen-bond acceptors (Lipinski definition) is 5. The van der Waals surface area contributed by atoms with Crippen LogP contribution in [0, 0.1) is 22.7 Å². The van der Waals surface area contributed by atoms with Crippen molar-refractivity contribution in [2.24, 2.45) is 5.73 Å².